The molecule has 33 heavy (non-hydrogen) atoms. The molecule has 0 saturated carbocycles. The van der Waals surface area contributed by atoms with Crippen molar-refractivity contribution in [3.05, 3.63) is 107 Å². The maximum atomic E-state index is 13.3. The number of para-hydroxylation sites is 1. The summed E-state index contributed by atoms with van der Waals surface area (Å²) in [6, 6.07) is 23.7. The number of rotatable bonds is 5. The van der Waals surface area contributed by atoms with Crippen molar-refractivity contribution in [3.8, 4) is 11.3 Å². The average Bonchev–Trinajstić information content (AvgIpc) is 3.39. The van der Waals surface area contributed by atoms with Crippen molar-refractivity contribution in [2.24, 2.45) is 0 Å². The topological polar surface area (TPSA) is 84.0 Å². The van der Waals surface area contributed by atoms with Gasteiger partial charge in [0, 0.05) is 34.7 Å². The standard InChI is InChI=1S/C26H18N4O2S/c31-25(28-18-5-3-6-19(15-18)29-26(32)24-9-4-14-33-24)21-16-23(17-10-12-27-13-11-17)30-22-8-2-1-7-20(21)22/h1-16H,(H,28,31)(H,29,32). The van der Waals surface area contributed by atoms with Crippen LogP contribution in [0.3, 0.4) is 0 Å². The Balaban J connectivity index is 1.44. The summed E-state index contributed by atoms with van der Waals surface area (Å²) in [6.45, 7) is 0. The first kappa shape index (κ1) is 20.5. The Kier molecular flexibility index (Phi) is 5.61. The molecule has 5 aromatic rings. The van der Waals surface area contributed by atoms with Gasteiger partial charge in [-0.3, -0.25) is 14.6 Å². The zero-order valence-electron chi connectivity index (χ0n) is 17.4. The minimum atomic E-state index is -0.259. The molecule has 0 aliphatic carbocycles. The lowest BCUT2D eigenvalue weighted by Crippen LogP contribution is -2.14. The van der Waals surface area contributed by atoms with E-state index in [1.165, 1.54) is 11.3 Å². The molecule has 2 N–H and O–H groups in total. The second-order valence-electron chi connectivity index (χ2n) is 7.27. The third kappa shape index (κ3) is 4.49. The van der Waals surface area contributed by atoms with E-state index in [2.05, 4.69) is 15.6 Å². The normalized spacial score (nSPS) is 10.7. The van der Waals surface area contributed by atoms with Gasteiger partial charge in [-0.1, -0.05) is 30.3 Å². The van der Waals surface area contributed by atoms with E-state index in [0.29, 0.717) is 27.5 Å². The molecule has 0 radical (unpaired) electrons. The summed E-state index contributed by atoms with van der Waals surface area (Å²) in [4.78, 5) is 35.0. The van der Waals surface area contributed by atoms with Crippen molar-refractivity contribution >= 4 is 45.4 Å². The molecule has 3 aromatic heterocycles. The van der Waals surface area contributed by atoms with E-state index in [4.69, 9.17) is 4.98 Å². The van der Waals surface area contributed by atoms with Gasteiger partial charge in [-0.25, -0.2) is 4.98 Å². The zero-order chi connectivity index (χ0) is 22.6. The van der Waals surface area contributed by atoms with Crippen molar-refractivity contribution in [2.45, 2.75) is 0 Å². The molecule has 3 heterocycles. The summed E-state index contributed by atoms with van der Waals surface area (Å²) in [7, 11) is 0. The lowest BCUT2D eigenvalue weighted by atomic mass is 10.0. The van der Waals surface area contributed by atoms with Crippen LogP contribution in [-0.4, -0.2) is 21.8 Å². The third-order valence-electron chi connectivity index (χ3n) is 5.06. The van der Waals surface area contributed by atoms with Crippen LogP contribution in [-0.2, 0) is 0 Å². The van der Waals surface area contributed by atoms with E-state index >= 15 is 0 Å². The largest absolute Gasteiger partial charge is 0.322 e. The number of fused-ring (bicyclic) bond motifs is 1. The SMILES string of the molecule is O=C(Nc1cccc(NC(=O)c2cc(-c3ccncc3)nc3ccccc23)c1)c1cccs1. The Morgan fingerprint density at radius 3 is 2.27 bits per heavy atom. The average molecular weight is 451 g/mol. The van der Waals surface area contributed by atoms with E-state index < -0.39 is 0 Å². The first-order valence-electron chi connectivity index (χ1n) is 10.2. The number of hydrogen-bond acceptors (Lipinski definition) is 5. The molecule has 0 unspecified atom stereocenters. The van der Waals surface area contributed by atoms with Gasteiger partial charge in [-0.15, -0.1) is 11.3 Å². The van der Waals surface area contributed by atoms with Crippen molar-refractivity contribution in [2.75, 3.05) is 10.6 Å². The molecule has 6 nitrogen and oxygen atoms in total. The number of thiophene rings is 1. The highest BCUT2D eigenvalue weighted by Gasteiger charge is 2.15. The third-order valence-corrected chi connectivity index (χ3v) is 5.93. The lowest BCUT2D eigenvalue weighted by Gasteiger charge is -2.12. The summed E-state index contributed by atoms with van der Waals surface area (Å²) in [5, 5.41) is 8.42. The summed E-state index contributed by atoms with van der Waals surface area (Å²) < 4.78 is 0. The smallest absolute Gasteiger partial charge is 0.265 e. The van der Waals surface area contributed by atoms with E-state index in [0.717, 1.165) is 16.5 Å². The zero-order valence-corrected chi connectivity index (χ0v) is 18.2. The van der Waals surface area contributed by atoms with Crippen molar-refractivity contribution in [1.82, 2.24) is 9.97 Å². The fourth-order valence-electron chi connectivity index (χ4n) is 3.51. The molecule has 0 spiro atoms. The number of anilines is 2. The number of benzene rings is 2. The van der Waals surface area contributed by atoms with Crippen molar-refractivity contribution < 1.29 is 9.59 Å². The molecule has 0 saturated heterocycles. The van der Waals surface area contributed by atoms with Gasteiger partial charge in [0.2, 0.25) is 0 Å². The molecule has 2 aromatic carbocycles. The predicted octanol–water partition coefficient (Wildman–Crippen LogP) is 5.86. The van der Waals surface area contributed by atoms with E-state index in [1.807, 2.05) is 47.8 Å². The predicted molar refractivity (Wildman–Crippen MR) is 132 cm³/mol. The number of carbonyl (C=O) groups excluding carboxylic acids is 2. The number of nitrogens with one attached hydrogen (secondary N) is 2. The fraction of sp³-hybridized carbons (Fsp3) is 0. The van der Waals surface area contributed by atoms with Gasteiger partial charge in [0.15, 0.2) is 0 Å². The molecule has 2 amide bonds. The van der Waals surface area contributed by atoms with E-state index in [-0.39, 0.29) is 11.8 Å². The second-order valence-corrected chi connectivity index (χ2v) is 8.22. The Morgan fingerprint density at radius 1 is 0.758 bits per heavy atom. The molecule has 7 heteroatoms. The highest BCUT2D eigenvalue weighted by atomic mass is 32.1. The second kappa shape index (κ2) is 9.02. The number of carbonyl (C=O) groups is 2. The van der Waals surface area contributed by atoms with Crippen LogP contribution in [0.1, 0.15) is 20.0 Å². The van der Waals surface area contributed by atoms with Crippen LogP contribution in [0.15, 0.2) is 96.6 Å². The van der Waals surface area contributed by atoms with Gasteiger partial charge in [-0.05, 0) is 53.9 Å². The Hall–Kier alpha value is -4.36. The Morgan fingerprint density at radius 2 is 1.52 bits per heavy atom. The van der Waals surface area contributed by atoms with Gasteiger partial charge in [0.05, 0.1) is 21.7 Å². The van der Waals surface area contributed by atoms with Crippen LogP contribution >= 0.6 is 11.3 Å². The number of aromatic nitrogens is 2. The molecule has 0 aliphatic heterocycles. The van der Waals surface area contributed by atoms with Crippen molar-refractivity contribution in [1.29, 1.82) is 0 Å². The highest BCUT2D eigenvalue weighted by molar-refractivity contribution is 7.12. The van der Waals surface area contributed by atoms with Crippen LogP contribution in [0.4, 0.5) is 11.4 Å². The number of nitrogens with zero attached hydrogens (tertiary/aromatic N) is 2. The molecule has 160 valence electrons. The molecule has 0 atom stereocenters. The number of amides is 2. The van der Waals surface area contributed by atoms with Crippen LogP contribution in [0.25, 0.3) is 22.2 Å². The van der Waals surface area contributed by atoms with Gasteiger partial charge in [-0.2, -0.15) is 0 Å². The summed E-state index contributed by atoms with van der Waals surface area (Å²) in [6.07, 6.45) is 3.39. The first-order chi connectivity index (χ1) is 16.2. The minimum absolute atomic E-state index is 0.185. The van der Waals surface area contributed by atoms with Gasteiger partial charge < -0.3 is 10.6 Å². The van der Waals surface area contributed by atoms with Gasteiger partial charge in [0.25, 0.3) is 11.8 Å². The van der Waals surface area contributed by atoms with Crippen LogP contribution < -0.4 is 10.6 Å². The van der Waals surface area contributed by atoms with E-state index in [1.54, 1.807) is 48.8 Å². The van der Waals surface area contributed by atoms with Crippen LogP contribution in [0.2, 0.25) is 0 Å². The fourth-order valence-corrected chi connectivity index (χ4v) is 4.13. The maximum Gasteiger partial charge on any atom is 0.265 e. The molecule has 0 fully saturated rings. The lowest BCUT2D eigenvalue weighted by molar-refractivity contribution is 0.102. The van der Waals surface area contributed by atoms with Crippen LogP contribution in [0.5, 0.6) is 0 Å². The number of pyridine rings is 2. The summed E-state index contributed by atoms with van der Waals surface area (Å²) in [5.74, 6) is -0.443. The molecular weight excluding hydrogens is 432 g/mol. The summed E-state index contributed by atoms with van der Waals surface area (Å²) >= 11 is 1.37. The monoisotopic (exact) mass is 450 g/mol. The highest BCUT2D eigenvalue weighted by Crippen LogP contribution is 2.26. The van der Waals surface area contributed by atoms with E-state index in [9.17, 15) is 9.59 Å². The molecule has 5 rings (SSSR count). The molecule has 0 aliphatic rings. The maximum absolute atomic E-state index is 13.3. The van der Waals surface area contributed by atoms with Crippen LogP contribution in [0, 0.1) is 0 Å². The molecule has 0 bridgehead atoms. The minimum Gasteiger partial charge on any atom is -0.322 e. The van der Waals surface area contributed by atoms with Gasteiger partial charge in [0.1, 0.15) is 0 Å². The summed E-state index contributed by atoms with van der Waals surface area (Å²) in [5.41, 5.74) is 3.99. The quantitative estimate of drug-likeness (QED) is 0.351. The van der Waals surface area contributed by atoms with Crippen molar-refractivity contribution in [3.63, 3.8) is 0 Å². The number of hydrogen-bond donors (Lipinski definition) is 2. The molecular formula is C26H18N4O2S. The Bertz CT molecular complexity index is 1450. The van der Waals surface area contributed by atoms with Gasteiger partial charge >= 0.3 is 0 Å². The Labute approximate surface area is 194 Å². The first-order valence-corrected chi connectivity index (χ1v) is 11.1.